The fourth-order valence-electron chi connectivity index (χ4n) is 3.88. The second-order valence-electron chi connectivity index (χ2n) is 7.57. The molecule has 0 atom stereocenters. The van der Waals surface area contributed by atoms with E-state index in [1.165, 1.54) is 10.4 Å². The number of aromatic nitrogens is 3. The lowest BCUT2D eigenvalue weighted by Gasteiger charge is -2.34. The van der Waals surface area contributed by atoms with Gasteiger partial charge in [0.15, 0.2) is 5.65 Å². The Morgan fingerprint density at radius 2 is 1.80 bits per heavy atom. The van der Waals surface area contributed by atoms with Crippen LogP contribution in [0.3, 0.4) is 0 Å². The Hall–Kier alpha value is -3.03. The van der Waals surface area contributed by atoms with Gasteiger partial charge in [0.05, 0.1) is 18.3 Å². The number of piperazine rings is 1. The molecule has 1 saturated heterocycles. The lowest BCUT2D eigenvalue weighted by molar-refractivity contribution is 0.0629. The zero-order valence-corrected chi connectivity index (χ0v) is 17.5. The number of hydrogen-bond acceptors (Lipinski definition) is 5. The maximum atomic E-state index is 13.0. The summed E-state index contributed by atoms with van der Waals surface area (Å²) in [6.07, 6.45) is 3.48. The van der Waals surface area contributed by atoms with E-state index in [0.717, 1.165) is 43.8 Å². The molecule has 1 fully saturated rings. The first-order valence-electron chi connectivity index (χ1n) is 10.2. The third-order valence-corrected chi connectivity index (χ3v) is 6.38. The molecular weight excluding hydrogens is 394 g/mol. The molecule has 0 bridgehead atoms. The quantitative estimate of drug-likeness (QED) is 0.499. The van der Waals surface area contributed by atoms with Crippen LogP contribution < -0.4 is 0 Å². The SMILES string of the molecule is O=C(c1cnc2c(cnn2Cc2ccccc2)c1)N1CCN(Cc2cccs2)CC1. The van der Waals surface area contributed by atoms with E-state index in [4.69, 9.17) is 0 Å². The van der Waals surface area contributed by atoms with E-state index in [1.54, 1.807) is 23.7 Å². The van der Waals surface area contributed by atoms with Crippen LogP contribution in [0.2, 0.25) is 0 Å². The summed E-state index contributed by atoms with van der Waals surface area (Å²) in [5.74, 6) is 0.0518. The highest BCUT2D eigenvalue weighted by molar-refractivity contribution is 7.09. The average Bonchev–Trinajstić information content (AvgIpc) is 3.44. The number of carbonyl (C=O) groups excluding carboxylic acids is 1. The van der Waals surface area contributed by atoms with Gasteiger partial charge in [-0.15, -0.1) is 11.3 Å². The number of fused-ring (bicyclic) bond motifs is 1. The first-order chi connectivity index (χ1) is 14.8. The molecular formula is C23H23N5OS. The van der Waals surface area contributed by atoms with E-state index in [1.807, 2.05) is 33.8 Å². The molecule has 0 spiro atoms. The van der Waals surface area contributed by atoms with Crippen molar-refractivity contribution in [2.24, 2.45) is 0 Å². The third kappa shape index (κ3) is 3.99. The fraction of sp³-hybridized carbons (Fsp3) is 0.261. The predicted molar refractivity (Wildman–Crippen MR) is 119 cm³/mol. The predicted octanol–water partition coefficient (Wildman–Crippen LogP) is 3.50. The van der Waals surface area contributed by atoms with Crippen molar-refractivity contribution in [3.63, 3.8) is 0 Å². The van der Waals surface area contributed by atoms with Crippen LogP contribution in [0.25, 0.3) is 11.0 Å². The molecule has 0 aliphatic carbocycles. The van der Waals surface area contributed by atoms with Crippen LogP contribution in [0.4, 0.5) is 0 Å². The van der Waals surface area contributed by atoms with Gasteiger partial charge in [-0.3, -0.25) is 9.69 Å². The molecule has 6 nitrogen and oxygen atoms in total. The Labute approximate surface area is 179 Å². The molecule has 1 aliphatic heterocycles. The van der Waals surface area contributed by atoms with Gasteiger partial charge in [0, 0.05) is 49.2 Å². The van der Waals surface area contributed by atoms with E-state index in [-0.39, 0.29) is 5.91 Å². The van der Waals surface area contributed by atoms with Gasteiger partial charge >= 0.3 is 0 Å². The third-order valence-electron chi connectivity index (χ3n) is 5.52. The van der Waals surface area contributed by atoms with Gasteiger partial charge in [0.1, 0.15) is 0 Å². The van der Waals surface area contributed by atoms with Crippen molar-refractivity contribution in [3.05, 3.63) is 82.3 Å². The van der Waals surface area contributed by atoms with Crippen molar-refractivity contribution in [2.75, 3.05) is 26.2 Å². The molecule has 4 aromatic rings. The number of carbonyl (C=O) groups is 1. The molecule has 7 heteroatoms. The Morgan fingerprint density at radius 3 is 2.57 bits per heavy atom. The second-order valence-corrected chi connectivity index (χ2v) is 8.60. The highest BCUT2D eigenvalue weighted by atomic mass is 32.1. The molecule has 0 radical (unpaired) electrons. The van der Waals surface area contributed by atoms with Gasteiger partial charge in [-0.05, 0) is 23.1 Å². The van der Waals surface area contributed by atoms with E-state index in [0.29, 0.717) is 12.1 Å². The zero-order valence-electron chi connectivity index (χ0n) is 16.6. The molecule has 0 N–H and O–H groups in total. The highest BCUT2D eigenvalue weighted by Crippen LogP contribution is 2.18. The van der Waals surface area contributed by atoms with Crippen LogP contribution >= 0.6 is 11.3 Å². The number of rotatable bonds is 5. The number of pyridine rings is 1. The Morgan fingerprint density at radius 1 is 0.967 bits per heavy atom. The van der Waals surface area contributed by atoms with E-state index < -0.39 is 0 Å². The van der Waals surface area contributed by atoms with E-state index in [2.05, 4.69) is 44.6 Å². The van der Waals surface area contributed by atoms with Crippen LogP contribution in [0.5, 0.6) is 0 Å². The molecule has 152 valence electrons. The van der Waals surface area contributed by atoms with Crippen LogP contribution in [0.15, 0.2) is 66.3 Å². The maximum absolute atomic E-state index is 13.0. The van der Waals surface area contributed by atoms with Gasteiger partial charge in [0.25, 0.3) is 5.91 Å². The molecule has 3 aromatic heterocycles. The van der Waals surface area contributed by atoms with Gasteiger partial charge in [-0.25, -0.2) is 9.67 Å². The normalized spacial score (nSPS) is 15.0. The summed E-state index contributed by atoms with van der Waals surface area (Å²) in [6.45, 7) is 4.91. The lowest BCUT2D eigenvalue weighted by atomic mass is 10.2. The second kappa shape index (κ2) is 8.38. The minimum atomic E-state index is 0.0518. The van der Waals surface area contributed by atoms with Crippen molar-refractivity contribution in [3.8, 4) is 0 Å². The smallest absolute Gasteiger partial charge is 0.255 e. The fourth-order valence-corrected chi connectivity index (χ4v) is 4.62. The highest BCUT2D eigenvalue weighted by Gasteiger charge is 2.23. The summed E-state index contributed by atoms with van der Waals surface area (Å²) in [6, 6.07) is 16.4. The van der Waals surface area contributed by atoms with Crippen LogP contribution in [-0.4, -0.2) is 56.7 Å². The van der Waals surface area contributed by atoms with Crippen molar-refractivity contribution in [2.45, 2.75) is 13.1 Å². The van der Waals surface area contributed by atoms with Gasteiger partial charge < -0.3 is 4.90 Å². The van der Waals surface area contributed by atoms with E-state index in [9.17, 15) is 4.79 Å². The minimum absolute atomic E-state index is 0.0518. The molecule has 4 heterocycles. The first-order valence-corrected chi connectivity index (χ1v) is 11.0. The van der Waals surface area contributed by atoms with E-state index >= 15 is 0 Å². The van der Waals surface area contributed by atoms with Crippen molar-refractivity contribution >= 4 is 28.3 Å². The number of benzene rings is 1. The van der Waals surface area contributed by atoms with Crippen LogP contribution in [0, 0.1) is 0 Å². The van der Waals surface area contributed by atoms with Gasteiger partial charge in [0.2, 0.25) is 0 Å². The maximum Gasteiger partial charge on any atom is 0.255 e. The summed E-state index contributed by atoms with van der Waals surface area (Å²) in [4.78, 5) is 23.3. The Balaban J connectivity index is 1.25. The number of amides is 1. The Kier molecular flexibility index (Phi) is 5.29. The first kappa shape index (κ1) is 19.0. The molecule has 1 aromatic carbocycles. The monoisotopic (exact) mass is 417 g/mol. The number of thiophene rings is 1. The molecule has 1 amide bonds. The standard InChI is InChI=1S/C23H23N5OS/c29-23(27-10-8-26(9-11-27)17-21-7-4-12-30-21)20-13-19-15-25-28(22(19)24-14-20)16-18-5-2-1-3-6-18/h1-7,12-15H,8-11,16-17H2. The average molecular weight is 418 g/mol. The van der Waals surface area contributed by atoms with Crippen LogP contribution in [-0.2, 0) is 13.1 Å². The number of nitrogens with zero attached hydrogens (tertiary/aromatic N) is 5. The van der Waals surface area contributed by atoms with Crippen molar-refractivity contribution < 1.29 is 4.79 Å². The largest absolute Gasteiger partial charge is 0.336 e. The van der Waals surface area contributed by atoms with Crippen molar-refractivity contribution in [1.82, 2.24) is 24.6 Å². The Bertz CT molecular complexity index is 1130. The summed E-state index contributed by atoms with van der Waals surface area (Å²) in [5.41, 5.74) is 2.61. The molecule has 1 aliphatic rings. The summed E-state index contributed by atoms with van der Waals surface area (Å²) in [7, 11) is 0. The number of hydrogen-bond donors (Lipinski definition) is 0. The molecule has 5 rings (SSSR count). The molecule has 0 unspecified atom stereocenters. The van der Waals surface area contributed by atoms with Crippen molar-refractivity contribution in [1.29, 1.82) is 0 Å². The lowest BCUT2D eigenvalue weighted by Crippen LogP contribution is -2.48. The topological polar surface area (TPSA) is 54.3 Å². The molecule has 30 heavy (non-hydrogen) atoms. The summed E-state index contributed by atoms with van der Waals surface area (Å²) >= 11 is 1.79. The van der Waals surface area contributed by atoms with Crippen LogP contribution in [0.1, 0.15) is 20.8 Å². The minimum Gasteiger partial charge on any atom is -0.336 e. The molecule has 0 saturated carbocycles. The van der Waals surface area contributed by atoms with Gasteiger partial charge in [-0.2, -0.15) is 5.10 Å². The summed E-state index contributed by atoms with van der Waals surface area (Å²) < 4.78 is 1.88. The zero-order chi connectivity index (χ0) is 20.3. The summed E-state index contributed by atoms with van der Waals surface area (Å²) in [5, 5.41) is 7.48. The van der Waals surface area contributed by atoms with Gasteiger partial charge in [-0.1, -0.05) is 36.4 Å².